The maximum Gasteiger partial charge on any atom is 0.326 e. The molecule has 1 fully saturated rings. The largest absolute Gasteiger partial charge is 0.480 e. The van der Waals surface area contributed by atoms with Gasteiger partial charge in [0.2, 0.25) is 6.41 Å². The van der Waals surface area contributed by atoms with Gasteiger partial charge in [0, 0.05) is 12.3 Å². The average Bonchev–Trinajstić information content (AvgIpc) is 2.10. The molecule has 1 rings (SSSR count). The lowest BCUT2D eigenvalue weighted by atomic mass is 9.90. The molecule has 6 nitrogen and oxygen atoms in total. The molecule has 1 saturated carbocycles. The van der Waals surface area contributed by atoms with E-state index >= 15 is 0 Å². The number of hydrogen-bond acceptors (Lipinski definition) is 4. The molecule has 1 N–H and O–H groups in total. The standard InChI is InChI=1S/C10H17NO5S/c1-17(15,16)6-5-9(10(13)14)11(7-12)8-3-2-4-8/h7-9H,2-6H2,1H3,(H,13,14). The third-order valence-electron chi connectivity index (χ3n) is 3.03. The van der Waals surface area contributed by atoms with Crippen molar-refractivity contribution in [1.82, 2.24) is 4.90 Å². The number of hydrogen-bond donors (Lipinski definition) is 1. The fraction of sp³-hybridized carbons (Fsp3) is 0.800. The highest BCUT2D eigenvalue weighted by Gasteiger charge is 2.33. The number of carbonyl (C=O) groups excluding carboxylic acids is 1. The van der Waals surface area contributed by atoms with Crippen molar-refractivity contribution in [2.45, 2.75) is 37.8 Å². The van der Waals surface area contributed by atoms with E-state index in [1.165, 1.54) is 4.90 Å². The van der Waals surface area contributed by atoms with Crippen LogP contribution >= 0.6 is 0 Å². The zero-order valence-corrected chi connectivity index (χ0v) is 10.5. The lowest BCUT2D eigenvalue weighted by Gasteiger charge is -2.38. The van der Waals surface area contributed by atoms with E-state index in [9.17, 15) is 18.0 Å². The molecule has 1 aliphatic carbocycles. The Balaban J connectivity index is 2.69. The number of carboxylic acid groups (broad SMARTS) is 1. The summed E-state index contributed by atoms with van der Waals surface area (Å²) in [5.41, 5.74) is 0. The minimum atomic E-state index is -3.21. The van der Waals surface area contributed by atoms with Gasteiger partial charge >= 0.3 is 5.97 Å². The van der Waals surface area contributed by atoms with Gasteiger partial charge in [-0.3, -0.25) is 4.79 Å². The van der Waals surface area contributed by atoms with Crippen molar-refractivity contribution in [1.29, 1.82) is 0 Å². The monoisotopic (exact) mass is 263 g/mol. The van der Waals surface area contributed by atoms with Gasteiger partial charge in [-0.1, -0.05) is 0 Å². The Morgan fingerprint density at radius 3 is 2.41 bits per heavy atom. The Kier molecular flexibility index (Phi) is 4.50. The van der Waals surface area contributed by atoms with Crippen LogP contribution in [-0.4, -0.2) is 54.9 Å². The third kappa shape index (κ3) is 3.99. The zero-order chi connectivity index (χ0) is 13.1. The number of rotatable bonds is 7. The minimum absolute atomic E-state index is 0.0480. The Morgan fingerprint density at radius 1 is 1.53 bits per heavy atom. The van der Waals surface area contributed by atoms with Crippen LogP contribution < -0.4 is 0 Å². The summed E-state index contributed by atoms with van der Waals surface area (Å²) in [6.07, 6.45) is 4.09. The van der Waals surface area contributed by atoms with Crippen LogP contribution in [0.2, 0.25) is 0 Å². The first kappa shape index (κ1) is 14.0. The fourth-order valence-electron chi connectivity index (χ4n) is 1.82. The number of sulfone groups is 1. The highest BCUT2D eigenvalue weighted by Crippen LogP contribution is 2.26. The molecule has 0 bridgehead atoms. The summed E-state index contributed by atoms with van der Waals surface area (Å²) in [6.45, 7) is 0. The zero-order valence-electron chi connectivity index (χ0n) is 9.70. The smallest absolute Gasteiger partial charge is 0.326 e. The van der Waals surface area contributed by atoms with E-state index < -0.39 is 21.8 Å². The lowest BCUT2D eigenvalue weighted by molar-refractivity contribution is -0.149. The average molecular weight is 263 g/mol. The summed E-state index contributed by atoms with van der Waals surface area (Å²) in [4.78, 5) is 23.2. The van der Waals surface area contributed by atoms with Crippen LogP contribution in [0.25, 0.3) is 0 Å². The number of amides is 1. The first-order valence-electron chi connectivity index (χ1n) is 5.48. The van der Waals surface area contributed by atoms with Crippen LogP contribution in [0.5, 0.6) is 0 Å². The molecule has 0 heterocycles. The first-order valence-corrected chi connectivity index (χ1v) is 7.54. The molecule has 0 aromatic heterocycles. The molecule has 0 saturated heterocycles. The molecule has 0 radical (unpaired) electrons. The topological polar surface area (TPSA) is 91.8 Å². The molecule has 1 unspecified atom stereocenters. The van der Waals surface area contributed by atoms with E-state index in [-0.39, 0.29) is 18.2 Å². The molecule has 0 spiro atoms. The van der Waals surface area contributed by atoms with E-state index in [0.717, 1.165) is 25.5 Å². The summed E-state index contributed by atoms with van der Waals surface area (Å²) >= 11 is 0. The van der Waals surface area contributed by atoms with Gasteiger partial charge in [0.15, 0.2) is 0 Å². The Morgan fingerprint density at radius 2 is 2.12 bits per heavy atom. The summed E-state index contributed by atoms with van der Waals surface area (Å²) in [6, 6.07) is -1.08. The Bertz CT molecular complexity index is 388. The second kappa shape index (κ2) is 5.48. The Hall–Kier alpha value is -1.11. The molecule has 7 heteroatoms. The summed E-state index contributed by atoms with van der Waals surface area (Å²) in [7, 11) is -3.21. The summed E-state index contributed by atoms with van der Waals surface area (Å²) in [5, 5.41) is 9.04. The molecule has 0 aromatic carbocycles. The van der Waals surface area contributed by atoms with Crippen molar-refractivity contribution < 1.29 is 23.1 Å². The van der Waals surface area contributed by atoms with Crippen LogP contribution in [0.1, 0.15) is 25.7 Å². The van der Waals surface area contributed by atoms with Gasteiger partial charge < -0.3 is 10.0 Å². The Labute approximate surface area is 101 Å². The van der Waals surface area contributed by atoms with Crippen molar-refractivity contribution in [3.63, 3.8) is 0 Å². The maximum absolute atomic E-state index is 11.1. The lowest BCUT2D eigenvalue weighted by Crippen LogP contribution is -2.49. The minimum Gasteiger partial charge on any atom is -0.480 e. The van der Waals surface area contributed by atoms with Gasteiger partial charge in [0.1, 0.15) is 15.9 Å². The van der Waals surface area contributed by atoms with Gasteiger partial charge in [-0.05, 0) is 25.7 Å². The van der Waals surface area contributed by atoms with Gasteiger partial charge in [-0.15, -0.1) is 0 Å². The van der Waals surface area contributed by atoms with Crippen molar-refractivity contribution in [2.75, 3.05) is 12.0 Å². The van der Waals surface area contributed by atoms with E-state index in [0.29, 0.717) is 6.41 Å². The van der Waals surface area contributed by atoms with Crippen LogP contribution in [-0.2, 0) is 19.4 Å². The van der Waals surface area contributed by atoms with Crippen LogP contribution in [0.15, 0.2) is 0 Å². The molecule has 1 aliphatic rings. The SMILES string of the molecule is CS(=O)(=O)CCC(C(=O)O)N(C=O)C1CCC1. The van der Waals surface area contributed by atoms with Crippen LogP contribution in [0, 0.1) is 0 Å². The van der Waals surface area contributed by atoms with Gasteiger partial charge in [0.05, 0.1) is 5.75 Å². The highest BCUT2D eigenvalue weighted by molar-refractivity contribution is 7.90. The predicted molar refractivity (Wildman–Crippen MR) is 61.3 cm³/mol. The first-order chi connectivity index (χ1) is 7.85. The molecule has 1 amide bonds. The number of carbonyl (C=O) groups is 2. The molecule has 1 atom stereocenters. The molecule has 98 valence electrons. The van der Waals surface area contributed by atoms with Gasteiger partial charge in [0.25, 0.3) is 0 Å². The predicted octanol–water partition coefficient (Wildman–Crippen LogP) is -0.115. The van der Waals surface area contributed by atoms with Gasteiger partial charge in [-0.2, -0.15) is 0 Å². The molecule has 17 heavy (non-hydrogen) atoms. The van der Waals surface area contributed by atoms with E-state index in [4.69, 9.17) is 5.11 Å². The van der Waals surface area contributed by atoms with E-state index in [2.05, 4.69) is 0 Å². The summed E-state index contributed by atoms with van der Waals surface area (Å²) < 4.78 is 22.0. The fourth-order valence-corrected chi connectivity index (χ4v) is 2.48. The molecular formula is C10H17NO5S. The van der Waals surface area contributed by atoms with E-state index in [1.54, 1.807) is 0 Å². The second-order valence-corrected chi connectivity index (χ2v) is 6.67. The molecule has 0 aromatic rings. The van der Waals surface area contributed by atoms with Crippen molar-refractivity contribution in [2.24, 2.45) is 0 Å². The number of aliphatic carboxylic acids is 1. The van der Waals surface area contributed by atoms with Crippen LogP contribution in [0.3, 0.4) is 0 Å². The van der Waals surface area contributed by atoms with Gasteiger partial charge in [-0.25, -0.2) is 13.2 Å². The molecule has 0 aliphatic heterocycles. The van der Waals surface area contributed by atoms with Crippen LogP contribution in [0.4, 0.5) is 0 Å². The van der Waals surface area contributed by atoms with Crippen molar-refractivity contribution >= 4 is 22.2 Å². The normalized spacial score (nSPS) is 18.2. The number of carboxylic acids is 1. The van der Waals surface area contributed by atoms with Crippen molar-refractivity contribution in [3.05, 3.63) is 0 Å². The van der Waals surface area contributed by atoms with E-state index in [1.807, 2.05) is 0 Å². The molecular weight excluding hydrogens is 246 g/mol. The maximum atomic E-state index is 11.1. The number of nitrogens with zero attached hydrogens (tertiary/aromatic N) is 1. The highest BCUT2D eigenvalue weighted by atomic mass is 32.2. The third-order valence-corrected chi connectivity index (χ3v) is 4.00. The van der Waals surface area contributed by atoms with Crippen molar-refractivity contribution in [3.8, 4) is 0 Å². The second-order valence-electron chi connectivity index (χ2n) is 4.41. The summed E-state index contributed by atoms with van der Waals surface area (Å²) in [5.74, 6) is -1.37. The quantitative estimate of drug-likeness (QED) is 0.647.